The predicted octanol–water partition coefficient (Wildman–Crippen LogP) is 2.40. The molecule has 0 fully saturated rings. The number of thioether (sulfide) groups is 1. The second-order valence-corrected chi connectivity index (χ2v) is 5.59. The Balaban J connectivity index is 2.63. The van der Waals surface area contributed by atoms with E-state index in [1.54, 1.807) is 0 Å². The van der Waals surface area contributed by atoms with E-state index in [9.17, 15) is 0 Å². The van der Waals surface area contributed by atoms with E-state index in [1.165, 1.54) is 12.2 Å². The van der Waals surface area contributed by atoms with Gasteiger partial charge >= 0.3 is 0 Å². The highest BCUT2D eigenvalue weighted by molar-refractivity contribution is 7.98. The van der Waals surface area contributed by atoms with Gasteiger partial charge < -0.3 is 5.32 Å². The minimum absolute atomic E-state index is 0.555. The van der Waals surface area contributed by atoms with Crippen LogP contribution in [0, 0.1) is 6.92 Å². The summed E-state index contributed by atoms with van der Waals surface area (Å²) in [6.07, 6.45) is 3.35. The molecule has 18 heavy (non-hydrogen) atoms. The van der Waals surface area contributed by atoms with Crippen LogP contribution >= 0.6 is 11.8 Å². The van der Waals surface area contributed by atoms with Crippen molar-refractivity contribution in [3.63, 3.8) is 0 Å². The molecule has 1 N–H and O–H groups in total. The Morgan fingerprint density at radius 1 is 1.44 bits per heavy atom. The van der Waals surface area contributed by atoms with Crippen LogP contribution in [0.15, 0.2) is 6.07 Å². The monoisotopic (exact) mass is 268 g/mol. The van der Waals surface area contributed by atoms with Crippen molar-refractivity contribution in [2.45, 2.75) is 32.9 Å². The van der Waals surface area contributed by atoms with E-state index >= 15 is 0 Å². The lowest BCUT2D eigenvalue weighted by Crippen LogP contribution is -2.30. The number of hydrogen-bond acceptors (Lipinski definition) is 5. The minimum atomic E-state index is 0.555. The van der Waals surface area contributed by atoms with Gasteiger partial charge in [-0.1, -0.05) is 0 Å². The molecule has 0 aliphatic heterocycles. The highest BCUT2D eigenvalue weighted by Gasteiger charge is 2.11. The summed E-state index contributed by atoms with van der Waals surface area (Å²) in [4.78, 5) is 11.3. The van der Waals surface area contributed by atoms with Crippen LogP contribution in [-0.4, -0.2) is 47.0 Å². The molecule has 0 saturated heterocycles. The largest absolute Gasteiger partial charge is 0.373 e. The van der Waals surface area contributed by atoms with Crippen molar-refractivity contribution in [3.05, 3.63) is 17.6 Å². The third-order valence-corrected chi connectivity index (χ3v) is 3.68. The molecule has 0 radical (unpaired) electrons. The molecule has 0 saturated carbocycles. The first-order valence-electron chi connectivity index (χ1n) is 6.28. The first-order valence-corrected chi connectivity index (χ1v) is 7.67. The zero-order valence-electron chi connectivity index (χ0n) is 12.0. The fraction of sp³-hybridized carbons (Fsp3) is 0.692. The fourth-order valence-electron chi connectivity index (χ4n) is 1.72. The van der Waals surface area contributed by atoms with Gasteiger partial charge in [-0.3, -0.25) is 4.90 Å². The summed E-state index contributed by atoms with van der Waals surface area (Å²) in [5.74, 6) is 2.97. The molecule has 1 rings (SSSR count). The van der Waals surface area contributed by atoms with Gasteiger partial charge in [-0.15, -0.1) is 0 Å². The second kappa shape index (κ2) is 7.59. The Kier molecular flexibility index (Phi) is 6.43. The molecule has 0 aliphatic rings. The molecule has 1 unspecified atom stereocenters. The minimum Gasteiger partial charge on any atom is -0.373 e. The SMILES string of the molecule is CNc1cc(C)nc(CN(C)C(C)CCSC)n1. The average molecular weight is 268 g/mol. The second-order valence-electron chi connectivity index (χ2n) is 4.61. The van der Waals surface area contributed by atoms with E-state index < -0.39 is 0 Å². The first kappa shape index (κ1) is 15.2. The number of nitrogens with one attached hydrogen (secondary N) is 1. The number of nitrogens with zero attached hydrogens (tertiary/aromatic N) is 3. The van der Waals surface area contributed by atoms with Gasteiger partial charge in [0.2, 0.25) is 0 Å². The van der Waals surface area contributed by atoms with E-state index in [4.69, 9.17) is 0 Å². The van der Waals surface area contributed by atoms with Gasteiger partial charge in [0, 0.05) is 24.8 Å². The Hall–Kier alpha value is -0.810. The van der Waals surface area contributed by atoms with Crippen LogP contribution in [0.25, 0.3) is 0 Å². The van der Waals surface area contributed by atoms with Crippen LogP contribution < -0.4 is 5.32 Å². The maximum atomic E-state index is 4.49. The van der Waals surface area contributed by atoms with Crippen molar-refractivity contribution in [2.75, 3.05) is 31.4 Å². The van der Waals surface area contributed by atoms with Gasteiger partial charge in [0.15, 0.2) is 0 Å². The Labute approximate surface area is 115 Å². The van der Waals surface area contributed by atoms with Gasteiger partial charge in [-0.25, -0.2) is 9.97 Å². The van der Waals surface area contributed by atoms with Crippen molar-refractivity contribution in [3.8, 4) is 0 Å². The molecule has 1 aromatic rings. The lowest BCUT2D eigenvalue weighted by molar-refractivity contribution is 0.239. The average Bonchev–Trinajstić information content (AvgIpc) is 2.34. The fourth-order valence-corrected chi connectivity index (χ4v) is 2.29. The summed E-state index contributed by atoms with van der Waals surface area (Å²) < 4.78 is 0. The predicted molar refractivity (Wildman–Crippen MR) is 80.2 cm³/mol. The number of aryl methyl sites for hydroxylation is 1. The number of hydrogen-bond donors (Lipinski definition) is 1. The van der Waals surface area contributed by atoms with E-state index in [1.807, 2.05) is 31.8 Å². The van der Waals surface area contributed by atoms with Crippen molar-refractivity contribution in [1.29, 1.82) is 0 Å². The van der Waals surface area contributed by atoms with Gasteiger partial charge in [-0.2, -0.15) is 11.8 Å². The highest BCUT2D eigenvalue weighted by Crippen LogP contribution is 2.11. The van der Waals surface area contributed by atoms with Gasteiger partial charge in [-0.05, 0) is 39.3 Å². The van der Waals surface area contributed by atoms with Gasteiger partial charge in [0.25, 0.3) is 0 Å². The number of aromatic nitrogens is 2. The van der Waals surface area contributed by atoms with Crippen molar-refractivity contribution >= 4 is 17.6 Å². The Bertz CT molecular complexity index is 370. The molecular formula is C13H24N4S. The Morgan fingerprint density at radius 2 is 2.17 bits per heavy atom. The van der Waals surface area contributed by atoms with E-state index in [0.717, 1.165) is 23.9 Å². The van der Waals surface area contributed by atoms with Crippen molar-refractivity contribution in [2.24, 2.45) is 0 Å². The molecular weight excluding hydrogens is 244 g/mol. The molecule has 4 nitrogen and oxygen atoms in total. The summed E-state index contributed by atoms with van der Waals surface area (Å²) >= 11 is 1.89. The molecule has 5 heteroatoms. The summed E-state index contributed by atoms with van der Waals surface area (Å²) in [6, 6.07) is 2.51. The molecule has 0 spiro atoms. The molecule has 1 aromatic heterocycles. The van der Waals surface area contributed by atoms with E-state index in [2.05, 4.69) is 40.4 Å². The molecule has 0 amide bonds. The topological polar surface area (TPSA) is 41.1 Å². The smallest absolute Gasteiger partial charge is 0.144 e. The molecule has 1 atom stereocenters. The van der Waals surface area contributed by atoms with Crippen LogP contribution in [0.4, 0.5) is 5.82 Å². The summed E-state index contributed by atoms with van der Waals surface area (Å²) in [5, 5.41) is 3.07. The third kappa shape index (κ3) is 4.82. The number of anilines is 1. The molecule has 0 bridgehead atoms. The quantitative estimate of drug-likeness (QED) is 0.822. The summed E-state index contributed by atoms with van der Waals surface area (Å²) in [7, 11) is 4.02. The lowest BCUT2D eigenvalue weighted by Gasteiger charge is -2.23. The van der Waals surface area contributed by atoms with Crippen molar-refractivity contribution < 1.29 is 0 Å². The lowest BCUT2D eigenvalue weighted by atomic mass is 10.2. The first-order chi connectivity index (χ1) is 8.56. The third-order valence-electron chi connectivity index (χ3n) is 3.04. The normalized spacial score (nSPS) is 12.8. The maximum absolute atomic E-state index is 4.49. The number of rotatable bonds is 7. The van der Waals surface area contributed by atoms with E-state index in [-0.39, 0.29) is 0 Å². The Morgan fingerprint density at radius 3 is 2.78 bits per heavy atom. The van der Waals surface area contributed by atoms with Crippen LogP contribution in [-0.2, 0) is 6.54 Å². The molecule has 0 aromatic carbocycles. The summed E-state index contributed by atoms with van der Waals surface area (Å²) in [6.45, 7) is 5.06. The zero-order chi connectivity index (χ0) is 13.5. The van der Waals surface area contributed by atoms with E-state index in [0.29, 0.717) is 6.04 Å². The summed E-state index contributed by atoms with van der Waals surface area (Å²) in [5.41, 5.74) is 1.01. The van der Waals surface area contributed by atoms with Crippen LogP contribution in [0.2, 0.25) is 0 Å². The van der Waals surface area contributed by atoms with Gasteiger partial charge in [0.1, 0.15) is 11.6 Å². The maximum Gasteiger partial charge on any atom is 0.144 e. The standard InChI is InChI=1S/C13H24N4S/c1-10-8-12(14-3)16-13(15-10)9-17(4)11(2)6-7-18-5/h8,11H,6-7,9H2,1-5H3,(H,14,15,16). The molecule has 102 valence electrons. The molecule has 1 heterocycles. The van der Waals surface area contributed by atoms with Crippen molar-refractivity contribution in [1.82, 2.24) is 14.9 Å². The highest BCUT2D eigenvalue weighted by atomic mass is 32.2. The van der Waals surface area contributed by atoms with Crippen LogP contribution in [0.5, 0.6) is 0 Å². The van der Waals surface area contributed by atoms with Gasteiger partial charge in [0.05, 0.1) is 6.54 Å². The zero-order valence-corrected chi connectivity index (χ0v) is 12.8. The molecule has 0 aliphatic carbocycles. The van der Waals surface area contributed by atoms with Crippen LogP contribution in [0.3, 0.4) is 0 Å². The van der Waals surface area contributed by atoms with Crippen LogP contribution in [0.1, 0.15) is 24.9 Å².